The Bertz CT molecular complexity index is 955. The Labute approximate surface area is 164 Å². The molecule has 0 radical (unpaired) electrons. The molecular formula is C21H21ClN4O. The topological polar surface area (TPSA) is 57.3 Å². The first-order chi connectivity index (χ1) is 12.9. The molecule has 0 aliphatic carbocycles. The highest BCUT2D eigenvalue weighted by molar-refractivity contribution is 6.31. The maximum absolute atomic E-state index is 12.5. The van der Waals surface area contributed by atoms with Gasteiger partial charge in [0, 0.05) is 42.4 Å². The molecule has 0 bridgehead atoms. The average molecular weight is 381 g/mol. The molecular weight excluding hydrogens is 360 g/mol. The maximum Gasteiger partial charge on any atom is 0.257 e. The van der Waals surface area contributed by atoms with Crippen LogP contribution in [0.2, 0.25) is 5.02 Å². The molecule has 0 aliphatic heterocycles. The van der Waals surface area contributed by atoms with Gasteiger partial charge >= 0.3 is 0 Å². The van der Waals surface area contributed by atoms with E-state index in [-0.39, 0.29) is 5.91 Å². The van der Waals surface area contributed by atoms with Gasteiger partial charge in [-0.15, -0.1) is 0 Å². The van der Waals surface area contributed by atoms with Crippen molar-refractivity contribution in [3.8, 4) is 0 Å². The molecule has 3 rings (SSSR count). The van der Waals surface area contributed by atoms with Gasteiger partial charge < -0.3 is 15.5 Å². The standard InChI is InChI=1S/C21H21ClN4O/c1-14-4-5-17(11-20(14)22)24-18-10-15(12-23-13-18)21(27)25-16-6-8-19(9-7-16)26(2)3/h4-13,24H,1-3H3,(H,25,27). The molecule has 1 amide bonds. The maximum atomic E-state index is 12.5. The monoisotopic (exact) mass is 380 g/mol. The number of nitrogens with zero attached hydrogens (tertiary/aromatic N) is 2. The van der Waals surface area contributed by atoms with E-state index in [1.807, 2.05) is 68.4 Å². The zero-order valence-corrected chi connectivity index (χ0v) is 16.2. The summed E-state index contributed by atoms with van der Waals surface area (Å²) in [7, 11) is 3.94. The second kappa shape index (κ2) is 8.10. The van der Waals surface area contributed by atoms with Gasteiger partial charge in [-0.05, 0) is 55.0 Å². The van der Waals surface area contributed by atoms with Crippen LogP contribution in [-0.4, -0.2) is 25.0 Å². The third kappa shape index (κ3) is 4.77. The Kier molecular flexibility index (Phi) is 5.62. The van der Waals surface area contributed by atoms with Crippen molar-refractivity contribution >= 4 is 40.3 Å². The lowest BCUT2D eigenvalue weighted by atomic mass is 10.2. The van der Waals surface area contributed by atoms with E-state index in [0.717, 1.165) is 22.6 Å². The summed E-state index contributed by atoms with van der Waals surface area (Å²) in [6, 6.07) is 15.1. The molecule has 0 atom stereocenters. The predicted octanol–water partition coefficient (Wildman–Crippen LogP) is 5.11. The normalized spacial score (nSPS) is 10.4. The van der Waals surface area contributed by atoms with Crippen LogP contribution in [0, 0.1) is 6.92 Å². The van der Waals surface area contributed by atoms with E-state index in [1.165, 1.54) is 6.20 Å². The molecule has 0 aliphatic rings. The fourth-order valence-corrected chi connectivity index (χ4v) is 2.70. The van der Waals surface area contributed by atoms with Crippen LogP contribution in [-0.2, 0) is 0 Å². The van der Waals surface area contributed by atoms with Gasteiger partial charge in [0.1, 0.15) is 0 Å². The molecule has 138 valence electrons. The van der Waals surface area contributed by atoms with Crippen molar-refractivity contribution in [1.29, 1.82) is 0 Å². The summed E-state index contributed by atoms with van der Waals surface area (Å²) in [5.74, 6) is -0.217. The van der Waals surface area contributed by atoms with Crippen molar-refractivity contribution in [3.63, 3.8) is 0 Å². The minimum Gasteiger partial charge on any atom is -0.378 e. The van der Waals surface area contributed by atoms with Gasteiger partial charge in [-0.3, -0.25) is 9.78 Å². The summed E-state index contributed by atoms with van der Waals surface area (Å²) in [6.45, 7) is 1.95. The minimum atomic E-state index is -0.217. The number of carbonyl (C=O) groups is 1. The van der Waals surface area contributed by atoms with Gasteiger partial charge in [0.05, 0.1) is 17.4 Å². The molecule has 0 saturated heterocycles. The van der Waals surface area contributed by atoms with E-state index in [0.29, 0.717) is 16.3 Å². The van der Waals surface area contributed by atoms with Crippen molar-refractivity contribution in [1.82, 2.24) is 4.98 Å². The molecule has 1 aromatic heterocycles. The number of aryl methyl sites for hydroxylation is 1. The average Bonchev–Trinajstić information content (AvgIpc) is 2.65. The quantitative estimate of drug-likeness (QED) is 0.646. The van der Waals surface area contributed by atoms with Gasteiger partial charge in [0.2, 0.25) is 0 Å². The molecule has 0 fully saturated rings. The molecule has 0 saturated carbocycles. The lowest BCUT2D eigenvalue weighted by Gasteiger charge is -2.13. The van der Waals surface area contributed by atoms with Crippen LogP contribution in [0.5, 0.6) is 0 Å². The molecule has 27 heavy (non-hydrogen) atoms. The fourth-order valence-electron chi connectivity index (χ4n) is 2.52. The molecule has 1 heterocycles. The highest BCUT2D eigenvalue weighted by atomic mass is 35.5. The lowest BCUT2D eigenvalue weighted by Crippen LogP contribution is -2.13. The molecule has 5 nitrogen and oxygen atoms in total. The lowest BCUT2D eigenvalue weighted by molar-refractivity contribution is 0.102. The molecule has 6 heteroatoms. The van der Waals surface area contributed by atoms with Gasteiger partial charge in [0.15, 0.2) is 0 Å². The SMILES string of the molecule is Cc1ccc(Nc2cncc(C(=O)Nc3ccc(N(C)C)cc3)c2)cc1Cl. The van der Waals surface area contributed by atoms with E-state index >= 15 is 0 Å². The number of anilines is 4. The van der Waals surface area contributed by atoms with Crippen LogP contribution in [0.25, 0.3) is 0 Å². The molecule has 2 N–H and O–H groups in total. The van der Waals surface area contributed by atoms with E-state index in [2.05, 4.69) is 15.6 Å². The zero-order valence-electron chi connectivity index (χ0n) is 15.5. The van der Waals surface area contributed by atoms with Crippen LogP contribution >= 0.6 is 11.6 Å². The third-order valence-corrected chi connectivity index (χ3v) is 4.51. The van der Waals surface area contributed by atoms with Crippen molar-refractivity contribution in [3.05, 3.63) is 77.1 Å². The predicted molar refractivity (Wildman–Crippen MR) is 112 cm³/mol. The van der Waals surface area contributed by atoms with Crippen LogP contribution in [0.4, 0.5) is 22.7 Å². The molecule has 0 unspecified atom stereocenters. The number of nitrogens with one attached hydrogen (secondary N) is 2. The number of pyridine rings is 1. The Balaban J connectivity index is 1.72. The number of hydrogen-bond acceptors (Lipinski definition) is 4. The number of rotatable bonds is 5. The van der Waals surface area contributed by atoms with Gasteiger partial charge in [-0.1, -0.05) is 17.7 Å². The number of carbonyl (C=O) groups excluding carboxylic acids is 1. The summed E-state index contributed by atoms with van der Waals surface area (Å²) in [6.07, 6.45) is 3.20. The van der Waals surface area contributed by atoms with Crippen LogP contribution in [0.1, 0.15) is 15.9 Å². The summed E-state index contributed by atoms with van der Waals surface area (Å²) >= 11 is 6.16. The fraction of sp³-hybridized carbons (Fsp3) is 0.143. The Morgan fingerprint density at radius 3 is 2.33 bits per heavy atom. The van der Waals surface area contributed by atoms with Crippen molar-refractivity contribution in [2.75, 3.05) is 29.6 Å². The van der Waals surface area contributed by atoms with E-state index < -0.39 is 0 Å². The van der Waals surface area contributed by atoms with Crippen LogP contribution < -0.4 is 15.5 Å². The van der Waals surface area contributed by atoms with Gasteiger partial charge in [0.25, 0.3) is 5.91 Å². The van der Waals surface area contributed by atoms with E-state index in [1.54, 1.807) is 12.3 Å². The van der Waals surface area contributed by atoms with E-state index in [9.17, 15) is 4.79 Å². The number of benzene rings is 2. The Hall–Kier alpha value is -3.05. The van der Waals surface area contributed by atoms with Crippen LogP contribution in [0.15, 0.2) is 60.9 Å². The first kappa shape index (κ1) is 18.7. The van der Waals surface area contributed by atoms with Crippen molar-refractivity contribution in [2.24, 2.45) is 0 Å². The highest BCUT2D eigenvalue weighted by Crippen LogP contribution is 2.23. The summed E-state index contributed by atoms with van der Waals surface area (Å²) in [5.41, 5.74) is 4.82. The number of aromatic nitrogens is 1. The Morgan fingerprint density at radius 1 is 0.963 bits per heavy atom. The summed E-state index contributed by atoms with van der Waals surface area (Å²) in [5, 5.41) is 6.79. The Morgan fingerprint density at radius 2 is 1.67 bits per heavy atom. The smallest absolute Gasteiger partial charge is 0.257 e. The van der Waals surface area contributed by atoms with E-state index in [4.69, 9.17) is 11.6 Å². The first-order valence-corrected chi connectivity index (χ1v) is 8.87. The number of amides is 1. The molecule has 0 spiro atoms. The van der Waals surface area contributed by atoms with Gasteiger partial charge in [-0.2, -0.15) is 0 Å². The molecule has 3 aromatic rings. The van der Waals surface area contributed by atoms with Gasteiger partial charge in [-0.25, -0.2) is 0 Å². The first-order valence-electron chi connectivity index (χ1n) is 8.49. The van der Waals surface area contributed by atoms with Crippen molar-refractivity contribution in [2.45, 2.75) is 6.92 Å². The minimum absolute atomic E-state index is 0.217. The second-order valence-corrected chi connectivity index (χ2v) is 6.85. The number of halogens is 1. The summed E-state index contributed by atoms with van der Waals surface area (Å²) in [4.78, 5) is 18.7. The van der Waals surface area contributed by atoms with Crippen molar-refractivity contribution < 1.29 is 4.79 Å². The molecule has 2 aromatic carbocycles. The van der Waals surface area contributed by atoms with Crippen LogP contribution in [0.3, 0.4) is 0 Å². The summed E-state index contributed by atoms with van der Waals surface area (Å²) < 4.78 is 0. The highest BCUT2D eigenvalue weighted by Gasteiger charge is 2.08. The second-order valence-electron chi connectivity index (χ2n) is 6.45. The largest absolute Gasteiger partial charge is 0.378 e. The third-order valence-electron chi connectivity index (χ3n) is 4.10. The number of hydrogen-bond donors (Lipinski definition) is 2. The zero-order chi connectivity index (χ0) is 19.4.